The average Bonchev–Trinajstić information content (AvgIpc) is 2.92. The van der Waals surface area contributed by atoms with Gasteiger partial charge in [0, 0.05) is 20.2 Å². The third-order valence-electron chi connectivity index (χ3n) is 4.09. The maximum atomic E-state index is 12.5. The quantitative estimate of drug-likeness (QED) is 0.866. The molecule has 1 aliphatic rings. The Morgan fingerprint density at radius 2 is 2.05 bits per heavy atom. The summed E-state index contributed by atoms with van der Waals surface area (Å²) in [6, 6.07) is 8.14. The molecule has 0 spiro atoms. The van der Waals surface area contributed by atoms with E-state index in [0.717, 1.165) is 30.0 Å². The maximum Gasteiger partial charge on any atom is 0.227 e. The number of aromatic nitrogens is 2. The van der Waals surface area contributed by atoms with Crippen LogP contribution >= 0.6 is 0 Å². The minimum atomic E-state index is 0.166. The van der Waals surface area contributed by atoms with E-state index in [2.05, 4.69) is 16.5 Å². The van der Waals surface area contributed by atoms with E-state index in [4.69, 9.17) is 4.74 Å². The van der Waals surface area contributed by atoms with Gasteiger partial charge in [-0.15, -0.1) is 0 Å². The second kappa shape index (κ2) is 6.32. The lowest BCUT2D eigenvalue weighted by Crippen LogP contribution is -2.39. The summed E-state index contributed by atoms with van der Waals surface area (Å²) in [7, 11) is 1.66. The summed E-state index contributed by atoms with van der Waals surface area (Å²) in [5.74, 6) is 0.166. The van der Waals surface area contributed by atoms with Gasteiger partial charge in [0.05, 0.1) is 37.3 Å². The molecule has 0 bridgehead atoms. The number of fused-ring (bicyclic) bond motifs is 1. The summed E-state index contributed by atoms with van der Waals surface area (Å²) in [6.07, 6.45) is 2.29. The molecule has 1 aromatic carbocycles. The minimum Gasteiger partial charge on any atom is -0.378 e. The number of hydrogen-bond acceptors (Lipinski definition) is 3. The van der Waals surface area contributed by atoms with Gasteiger partial charge < -0.3 is 14.2 Å². The molecule has 0 N–H and O–H groups in total. The molecule has 0 saturated heterocycles. The number of methoxy groups -OCH3 is 1. The van der Waals surface area contributed by atoms with Crippen molar-refractivity contribution < 1.29 is 9.53 Å². The number of aryl methyl sites for hydroxylation is 1. The number of amides is 1. The molecule has 5 nitrogen and oxygen atoms in total. The Bertz CT molecular complexity index is 661. The molecule has 0 fully saturated rings. The molecule has 0 unspecified atom stereocenters. The second-order valence-electron chi connectivity index (χ2n) is 5.74. The highest BCUT2D eigenvalue weighted by atomic mass is 16.5. The van der Waals surface area contributed by atoms with Crippen LogP contribution in [0.1, 0.15) is 22.5 Å². The van der Waals surface area contributed by atoms with Crippen LogP contribution in [0.2, 0.25) is 0 Å². The van der Waals surface area contributed by atoms with Gasteiger partial charge in [0.25, 0.3) is 0 Å². The van der Waals surface area contributed by atoms with Gasteiger partial charge in [-0.25, -0.2) is 4.98 Å². The van der Waals surface area contributed by atoms with Crippen molar-refractivity contribution in [3.05, 3.63) is 53.1 Å². The highest BCUT2D eigenvalue weighted by molar-refractivity contribution is 5.78. The number of nitrogens with zero attached hydrogens (tertiary/aromatic N) is 3. The molecular weight excluding hydrogens is 278 g/mol. The molecule has 0 radical (unpaired) electrons. The Hall–Kier alpha value is -2.14. The molecule has 2 aromatic rings. The fraction of sp³-hybridized carbons (Fsp3) is 0.412. The lowest BCUT2D eigenvalue weighted by Gasteiger charge is -2.29. The smallest absolute Gasteiger partial charge is 0.227 e. The molecule has 5 heteroatoms. The first-order valence-corrected chi connectivity index (χ1v) is 7.52. The van der Waals surface area contributed by atoms with E-state index in [1.165, 1.54) is 5.56 Å². The fourth-order valence-electron chi connectivity index (χ4n) is 2.77. The van der Waals surface area contributed by atoms with Crippen molar-refractivity contribution in [3.63, 3.8) is 0 Å². The normalized spacial score (nSPS) is 14.0. The van der Waals surface area contributed by atoms with Crippen LogP contribution in [0, 0.1) is 6.92 Å². The van der Waals surface area contributed by atoms with Crippen molar-refractivity contribution in [2.75, 3.05) is 13.7 Å². The van der Waals surface area contributed by atoms with Gasteiger partial charge in [-0.2, -0.15) is 0 Å². The molecule has 1 aromatic heterocycles. The van der Waals surface area contributed by atoms with Gasteiger partial charge in [0.1, 0.15) is 0 Å². The molecule has 116 valence electrons. The largest absolute Gasteiger partial charge is 0.378 e. The number of imidazole rings is 1. The molecular formula is C17H21N3O2. The predicted molar refractivity (Wildman–Crippen MR) is 83.2 cm³/mol. The van der Waals surface area contributed by atoms with Gasteiger partial charge in [0.2, 0.25) is 5.91 Å². The summed E-state index contributed by atoms with van der Waals surface area (Å²) >= 11 is 0. The van der Waals surface area contributed by atoms with E-state index in [0.29, 0.717) is 19.6 Å². The molecule has 0 atom stereocenters. The predicted octanol–water partition coefficient (Wildman–Crippen LogP) is 1.92. The molecule has 1 amide bonds. The van der Waals surface area contributed by atoms with Crippen molar-refractivity contribution in [2.24, 2.45) is 0 Å². The van der Waals surface area contributed by atoms with Crippen LogP contribution in [0.3, 0.4) is 0 Å². The zero-order valence-corrected chi connectivity index (χ0v) is 13.1. The molecule has 0 saturated carbocycles. The number of ether oxygens (including phenoxy) is 1. The topological polar surface area (TPSA) is 47.4 Å². The lowest BCUT2D eigenvalue weighted by atomic mass is 10.1. The van der Waals surface area contributed by atoms with E-state index >= 15 is 0 Å². The molecule has 22 heavy (non-hydrogen) atoms. The van der Waals surface area contributed by atoms with E-state index in [1.54, 1.807) is 7.11 Å². The van der Waals surface area contributed by atoms with Crippen molar-refractivity contribution >= 4 is 5.91 Å². The number of carbonyl (C=O) groups excluding carboxylic acids is 1. The summed E-state index contributed by atoms with van der Waals surface area (Å²) in [4.78, 5) is 18.8. The third-order valence-corrected chi connectivity index (χ3v) is 4.09. The van der Waals surface area contributed by atoms with Crippen LogP contribution < -0.4 is 0 Å². The van der Waals surface area contributed by atoms with Crippen molar-refractivity contribution in [2.45, 2.75) is 33.0 Å². The van der Waals surface area contributed by atoms with Crippen LogP contribution in [-0.4, -0.2) is 34.0 Å². The van der Waals surface area contributed by atoms with Crippen LogP contribution in [0.25, 0.3) is 0 Å². The van der Waals surface area contributed by atoms with Crippen LogP contribution in [0.4, 0.5) is 0 Å². The SMILES string of the molecule is COCc1ncn2c1CN(C(=O)Cc1ccc(C)cc1)CC2. The number of hydrogen-bond donors (Lipinski definition) is 0. The first kappa shape index (κ1) is 14.8. The van der Waals surface area contributed by atoms with Crippen LogP contribution in [-0.2, 0) is 35.6 Å². The van der Waals surface area contributed by atoms with E-state index in [9.17, 15) is 4.79 Å². The lowest BCUT2D eigenvalue weighted by molar-refractivity contribution is -0.131. The molecule has 3 rings (SSSR count). The van der Waals surface area contributed by atoms with Gasteiger partial charge in [0.15, 0.2) is 0 Å². The van der Waals surface area contributed by atoms with E-state index in [1.807, 2.05) is 35.5 Å². The zero-order valence-electron chi connectivity index (χ0n) is 13.1. The van der Waals surface area contributed by atoms with Gasteiger partial charge >= 0.3 is 0 Å². The summed E-state index contributed by atoms with van der Waals surface area (Å²) < 4.78 is 7.29. The Morgan fingerprint density at radius 1 is 1.27 bits per heavy atom. The van der Waals surface area contributed by atoms with Crippen molar-refractivity contribution in [1.29, 1.82) is 0 Å². The number of rotatable bonds is 4. The van der Waals surface area contributed by atoms with Gasteiger partial charge in [-0.3, -0.25) is 4.79 Å². The van der Waals surface area contributed by atoms with Crippen molar-refractivity contribution in [3.8, 4) is 0 Å². The maximum absolute atomic E-state index is 12.5. The van der Waals surface area contributed by atoms with Gasteiger partial charge in [-0.1, -0.05) is 29.8 Å². The number of carbonyl (C=O) groups is 1. The highest BCUT2D eigenvalue weighted by Gasteiger charge is 2.23. The van der Waals surface area contributed by atoms with Crippen LogP contribution in [0.15, 0.2) is 30.6 Å². The summed E-state index contributed by atoms with van der Waals surface area (Å²) in [6.45, 7) is 4.69. The third kappa shape index (κ3) is 3.04. The summed E-state index contributed by atoms with van der Waals surface area (Å²) in [5, 5.41) is 0. The highest BCUT2D eigenvalue weighted by Crippen LogP contribution is 2.18. The standard InChI is InChI=1S/C17H21N3O2/c1-13-3-5-14(6-4-13)9-17(21)19-7-8-20-12-18-15(11-22-2)16(20)10-19/h3-6,12H,7-11H2,1-2H3. The second-order valence-corrected chi connectivity index (χ2v) is 5.74. The van der Waals surface area contributed by atoms with Crippen LogP contribution in [0.5, 0.6) is 0 Å². The average molecular weight is 299 g/mol. The fourth-order valence-corrected chi connectivity index (χ4v) is 2.77. The Morgan fingerprint density at radius 3 is 2.77 bits per heavy atom. The van der Waals surface area contributed by atoms with E-state index in [-0.39, 0.29) is 5.91 Å². The number of benzene rings is 1. The minimum absolute atomic E-state index is 0.166. The first-order chi connectivity index (χ1) is 10.7. The summed E-state index contributed by atoms with van der Waals surface area (Å²) in [5.41, 5.74) is 4.29. The zero-order chi connectivity index (χ0) is 15.5. The van der Waals surface area contributed by atoms with Gasteiger partial charge in [-0.05, 0) is 12.5 Å². The Labute approximate surface area is 130 Å². The molecule has 0 aliphatic carbocycles. The monoisotopic (exact) mass is 299 g/mol. The molecule has 2 heterocycles. The Balaban J connectivity index is 1.69. The van der Waals surface area contributed by atoms with E-state index < -0.39 is 0 Å². The Kier molecular flexibility index (Phi) is 4.24. The van der Waals surface area contributed by atoms with Crippen molar-refractivity contribution in [1.82, 2.24) is 14.5 Å². The molecule has 1 aliphatic heterocycles. The first-order valence-electron chi connectivity index (χ1n) is 7.52.